The molecule has 1 saturated heterocycles. The molecular formula is C16H19N3. The quantitative estimate of drug-likeness (QED) is 0.893. The Morgan fingerprint density at radius 1 is 1.16 bits per heavy atom. The first-order chi connectivity index (χ1) is 9.24. The topological polar surface area (TPSA) is 37.8 Å². The van der Waals surface area contributed by atoms with Gasteiger partial charge in [0.25, 0.3) is 0 Å². The Labute approximate surface area is 114 Å². The van der Waals surface area contributed by atoms with Crippen LogP contribution >= 0.6 is 0 Å². The zero-order valence-corrected chi connectivity index (χ0v) is 11.5. The molecule has 0 spiro atoms. The van der Waals surface area contributed by atoms with E-state index >= 15 is 0 Å². The second kappa shape index (κ2) is 5.10. The van der Waals surface area contributed by atoms with Crippen LogP contribution in [0.3, 0.4) is 0 Å². The van der Waals surface area contributed by atoms with Crippen LogP contribution in [0.4, 0.5) is 0 Å². The van der Waals surface area contributed by atoms with Crippen molar-refractivity contribution in [2.75, 3.05) is 6.54 Å². The van der Waals surface area contributed by atoms with E-state index < -0.39 is 0 Å². The van der Waals surface area contributed by atoms with Gasteiger partial charge in [-0.05, 0) is 44.9 Å². The summed E-state index contributed by atoms with van der Waals surface area (Å²) in [5, 5.41) is 3.50. The molecule has 1 fully saturated rings. The van der Waals surface area contributed by atoms with Gasteiger partial charge in [-0.2, -0.15) is 0 Å². The van der Waals surface area contributed by atoms with Gasteiger partial charge in [0.2, 0.25) is 0 Å². The highest BCUT2D eigenvalue weighted by molar-refractivity contribution is 5.63. The Morgan fingerprint density at radius 2 is 2.00 bits per heavy atom. The summed E-state index contributed by atoms with van der Waals surface area (Å²) >= 11 is 0. The minimum Gasteiger partial charge on any atom is -0.309 e. The maximum absolute atomic E-state index is 4.60. The standard InChI is InChI=1S/C16H19N3/c1-11-6-3-4-7-13(11)15-10-16(19-12(2)18-15)14-8-5-9-17-14/h3-4,6-7,10,14,17H,5,8-9H2,1-2H3/t14-/m1/s1. The predicted octanol–water partition coefficient (Wildman–Crippen LogP) is 3.18. The number of benzene rings is 1. The van der Waals surface area contributed by atoms with Crippen molar-refractivity contribution in [3.63, 3.8) is 0 Å². The van der Waals surface area contributed by atoms with Crippen molar-refractivity contribution in [2.45, 2.75) is 32.7 Å². The van der Waals surface area contributed by atoms with Crippen molar-refractivity contribution in [3.05, 3.63) is 47.4 Å². The van der Waals surface area contributed by atoms with E-state index in [4.69, 9.17) is 0 Å². The number of hydrogen-bond acceptors (Lipinski definition) is 3. The predicted molar refractivity (Wildman–Crippen MR) is 76.9 cm³/mol. The van der Waals surface area contributed by atoms with Gasteiger partial charge in [0.05, 0.1) is 11.4 Å². The van der Waals surface area contributed by atoms with E-state index in [1.165, 1.54) is 24.0 Å². The molecule has 1 atom stereocenters. The molecule has 0 saturated carbocycles. The lowest BCUT2D eigenvalue weighted by Crippen LogP contribution is -2.15. The van der Waals surface area contributed by atoms with Crippen molar-refractivity contribution in [2.24, 2.45) is 0 Å². The fourth-order valence-electron chi connectivity index (χ4n) is 2.70. The lowest BCUT2D eigenvalue weighted by Gasteiger charge is -2.13. The number of aromatic nitrogens is 2. The van der Waals surface area contributed by atoms with Crippen LogP contribution in [-0.4, -0.2) is 16.5 Å². The van der Waals surface area contributed by atoms with Crippen molar-refractivity contribution in [1.29, 1.82) is 0 Å². The number of nitrogens with one attached hydrogen (secondary N) is 1. The van der Waals surface area contributed by atoms with Gasteiger partial charge in [-0.25, -0.2) is 9.97 Å². The largest absolute Gasteiger partial charge is 0.309 e. The molecular weight excluding hydrogens is 234 g/mol. The summed E-state index contributed by atoms with van der Waals surface area (Å²) in [6, 6.07) is 10.9. The number of aryl methyl sites for hydroxylation is 2. The van der Waals surface area contributed by atoms with Gasteiger partial charge in [-0.15, -0.1) is 0 Å². The molecule has 1 aromatic heterocycles. The first-order valence-corrected chi connectivity index (χ1v) is 6.89. The van der Waals surface area contributed by atoms with E-state index in [-0.39, 0.29) is 0 Å². The molecule has 2 heterocycles. The molecule has 3 rings (SSSR count). The molecule has 19 heavy (non-hydrogen) atoms. The van der Waals surface area contributed by atoms with Crippen molar-refractivity contribution in [1.82, 2.24) is 15.3 Å². The molecule has 1 N–H and O–H groups in total. The molecule has 0 amide bonds. The van der Waals surface area contributed by atoms with Gasteiger partial charge in [0, 0.05) is 11.6 Å². The van der Waals surface area contributed by atoms with Crippen LogP contribution < -0.4 is 5.32 Å². The smallest absolute Gasteiger partial charge is 0.126 e. The highest BCUT2D eigenvalue weighted by Gasteiger charge is 2.19. The Balaban J connectivity index is 2.04. The van der Waals surface area contributed by atoms with Crippen molar-refractivity contribution < 1.29 is 0 Å². The summed E-state index contributed by atoms with van der Waals surface area (Å²) in [6.07, 6.45) is 2.40. The average molecular weight is 253 g/mol. The Bertz CT molecular complexity index is 586. The van der Waals surface area contributed by atoms with Crippen LogP contribution in [0.25, 0.3) is 11.3 Å². The van der Waals surface area contributed by atoms with Crippen LogP contribution in [0.1, 0.15) is 36.0 Å². The first kappa shape index (κ1) is 12.3. The molecule has 3 heteroatoms. The van der Waals surface area contributed by atoms with E-state index in [2.05, 4.69) is 52.5 Å². The molecule has 3 nitrogen and oxygen atoms in total. The fraction of sp³-hybridized carbons (Fsp3) is 0.375. The first-order valence-electron chi connectivity index (χ1n) is 6.89. The molecule has 1 aliphatic rings. The van der Waals surface area contributed by atoms with Gasteiger partial charge >= 0.3 is 0 Å². The summed E-state index contributed by atoms with van der Waals surface area (Å²) in [5.74, 6) is 0.851. The summed E-state index contributed by atoms with van der Waals surface area (Å²) in [6.45, 7) is 5.19. The van der Waals surface area contributed by atoms with E-state index in [0.717, 1.165) is 23.8 Å². The lowest BCUT2D eigenvalue weighted by molar-refractivity contribution is 0.623. The molecule has 0 bridgehead atoms. The van der Waals surface area contributed by atoms with Gasteiger partial charge < -0.3 is 5.32 Å². The third-order valence-corrected chi connectivity index (χ3v) is 3.70. The van der Waals surface area contributed by atoms with E-state index in [1.807, 2.05) is 6.92 Å². The SMILES string of the molecule is Cc1nc(-c2ccccc2C)cc([C@H]2CCCN2)n1. The van der Waals surface area contributed by atoms with Gasteiger partial charge in [-0.3, -0.25) is 0 Å². The summed E-state index contributed by atoms with van der Waals surface area (Å²) in [7, 11) is 0. The molecule has 1 aliphatic heterocycles. The van der Waals surface area contributed by atoms with Crippen LogP contribution in [0.5, 0.6) is 0 Å². The van der Waals surface area contributed by atoms with Gasteiger partial charge in [0.15, 0.2) is 0 Å². The number of hydrogen-bond donors (Lipinski definition) is 1. The molecule has 0 aliphatic carbocycles. The summed E-state index contributed by atoms with van der Waals surface area (Å²) in [4.78, 5) is 9.19. The Hall–Kier alpha value is -1.74. The minimum absolute atomic E-state index is 0.393. The molecule has 98 valence electrons. The molecule has 2 aromatic rings. The highest BCUT2D eigenvalue weighted by Crippen LogP contribution is 2.26. The molecule has 0 unspecified atom stereocenters. The normalized spacial score (nSPS) is 18.7. The number of rotatable bonds is 2. The highest BCUT2D eigenvalue weighted by atomic mass is 15.0. The Morgan fingerprint density at radius 3 is 2.74 bits per heavy atom. The summed E-state index contributed by atoms with van der Waals surface area (Å²) in [5.41, 5.74) is 4.62. The van der Waals surface area contributed by atoms with Crippen LogP contribution in [-0.2, 0) is 0 Å². The van der Waals surface area contributed by atoms with Crippen LogP contribution in [0.2, 0.25) is 0 Å². The third-order valence-electron chi connectivity index (χ3n) is 3.70. The maximum atomic E-state index is 4.60. The van der Waals surface area contributed by atoms with Crippen LogP contribution in [0.15, 0.2) is 30.3 Å². The third kappa shape index (κ3) is 2.51. The zero-order chi connectivity index (χ0) is 13.2. The fourth-order valence-corrected chi connectivity index (χ4v) is 2.70. The molecule has 0 radical (unpaired) electrons. The second-order valence-corrected chi connectivity index (χ2v) is 5.19. The monoisotopic (exact) mass is 253 g/mol. The van der Waals surface area contributed by atoms with E-state index in [1.54, 1.807) is 0 Å². The number of nitrogens with zero attached hydrogens (tertiary/aromatic N) is 2. The average Bonchev–Trinajstić information content (AvgIpc) is 2.92. The van der Waals surface area contributed by atoms with Crippen molar-refractivity contribution in [3.8, 4) is 11.3 Å². The van der Waals surface area contributed by atoms with Crippen LogP contribution in [0, 0.1) is 13.8 Å². The minimum atomic E-state index is 0.393. The second-order valence-electron chi connectivity index (χ2n) is 5.19. The lowest BCUT2D eigenvalue weighted by atomic mass is 10.0. The maximum Gasteiger partial charge on any atom is 0.126 e. The zero-order valence-electron chi connectivity index (χ0n) is 11.5. The Kier molecular flexibility index (Phi) is 3.30. The molecule has 1 aromatic carbocycles. The van der Waals surface area contributed by atoms with E-state index in [9.17, 15) is 0 Å². The van der Waals surface area contributed by atoms with Gasteiger partial charge in [-0.1, -0.05) is 24.3 Å². The van der Waals surface area contributed by atoms with Crippen molar-refractivity contribution >= 4 is 0 Å². The van der Waals surface area contributed by atoms with Gasteiger partial charge in [0.1, 0.15) is 5.82 Å². The summed E-state index contributed by atoms with van der Waals surface area (Å²) < 4.78 is 0. The van der Waals surface area contributed by atoms with E-state index in [0.29, 0.717) is 6.04 Å².